The van der Waals surface area contributed by atoms with Crippen molar-refractivity contribution in [3.63, 3.8) is 0 Å². The lowest BCUT2D eigenvalue weighted by Gasteiger charge is -2.35. The summed E-state index contributed by atoms with van der Waals surface area (Å²) >= 11 is 17.4. The lowest BCUT2D eigenvalue weighted by Crippen LogP contribution is -2.59. The number of carbonyl (C=O) groups is 3. The first-order chi connectivity index (χ1) is 20.9. The Kier molecular flexibility index (Phi) is 9.47. The summed E-state index contributed by atoms with van der Waals surface area (Å²) in [4.78, 5) is 42.0. The van der Waals surface area contributed by atoms with Crippen molar-refractivity contribution in [2.75, 3.05) is 13.2 Å². The number of carbonyl (C=O) groups excluding carboxylic acids is 3. The van der Waals surface area contributed by atoms with Gasteiger partial charge in [0.05, 0.1) is 6.10 Å². The van der Waals surface area contributed by atoms with Gasteiger partial charge in [-0.25, -0.2) is 9.59 Å². The van der Waals surface area contributed by atoms with Crippen LogP contribution in [0.15, 0.2) is 78.9 Å². The van der Waals surface area contributed by atoms with E-state index in [1.807, 2.05) is 66.7 Å². The Morgan fingerprint density at radius 3 is 2.07 bits per heavy atom. The molecule has 1 N–H and O–H groups in total. The molecule has 3 aromatic carbocycles. The maximum Gasteiger partial charge on any atom is 0.407 e. The molecule has 44 heavy (non-hydrogen) atoms. The van der Waals surface area contributed by atoms with Gasteiger partial charge in [-0.15, -0.1) is 0 Å². The summed E-state index contributed by atoms with van der Waals surface area (Å²) in [5.74, 6) is -1.49. The van der Waals surface area contributed by atoms with Gasteiger partial charge in [-0.05, 0) is 48.6 Å². The fourth-order valence-electron chi connectivity index (χ4n) is 6.06. The van der Waals surface area contributed by atoms with E-state index in [0.29, 0.717) is 0 Å². The Balaban J connectivity index is 1.36. The van der Waals surface area contributed by atoms with Crippen molar-refractivity contribution in [2.45, 2.75) is 60.8 Å². The number of halogens is 3. The number of hydrogen-bond donors (Lipinski definition) is 1. The summed E-state index contributed by atoms with van der Waals surface area (Å²) in [6, 6.07) is 23.0. The summed E-state index contributed by atoms with van der Waals surface area (Å²) < 4.78 is 15.2. The van der Waals surface area contributed by atoms with E-state index in [-0.39, 0.29) is 18.9 Å². The molecule has 0 unspecified atom stereocenters. The first-order valence-electron chi connectivity index (χ1n) is 14.3. The highest BCUT2D eigenvalue weighted by atomic mass is 35.6. The summed E-state index contributed by atoms with van der Waals surface area (Å²) in [6.45, 7) is 4.55. The van der Waals surface area contributed by atoms with Crippen molar-refractivity contribution >= 4 is 52.8 Å². The number of esters is 1. The quantitative estimate of drug-likeness (QED) is 0.222. The predicted molar refractivity (Wildman–Crippen MR) is 169 cm³/mol. The van der Waals surface area contributed by atoms with Crippen molar-refractivity contribution in [3.05, 3.63) is 95.6 Å². The first kappa shape index (κ1) is 32.1. The first-order valence-corrected chi connectivity index (χ1v) is 15.4. The monoisotopic (exact) mass is 658 g/mol. The molecular formula is C33H33Cl3N2O6. The predicted octanol–water partition coefficient (Wildman–Crippen LogP) is 6.40. The zero-order valence-electron chi connectivity index (χ0n) is 24.5. The fraction of sp³-hybridized carbons (Fsp3) is 0.364. The average Bonchev–Trinajstić information content (AvgIpc) is 3.43. The van der Waals surface area contributed by atoms with Crippen LogP contribution in [0.3, 0.4) is 0 Å². The molecule has 5 rings (SSSR count). The molecule has 1 heterocycles. The third-order valence-electron chi connectivity index (χ3n) is 7.85. The molecule has 0 aromatic heterocycles. The highest BCUT2D eigenvalue weighted by Crippen LogP contribution is 2.44. The van der Waals surface area contributed by atoms with Crippen molar-refractivity contribution in [3.8, 4) is 11.1 Å². The highest BCUT2D eigenvalue weighted by molar-refractivity contribution is 6.67. The van der Waals surface area contributed by atoms with Crippen LogP contribution in [-0.2, 0) is 30.2 Å². The van der Waals surface area contributed by atoms with Crippen LogP contribution in [0.4, 0.5) is 4.79 Å². The molecular weight excluding hydrogens is 627 g/mol. The Hall–Kier alpha value is -3.30. The second-order valence-electron chi connectivity index (χ2n) is 11.4. The number of alkyl halides is 3. The molecule has 1 fully saturated rings. The number of rotatable bonds is 8. The second kappa shape index (κ2) is 13.0. The van der Waals surface area contributed by atoms with Gasteiger partial charge in [-0.1, -0.05) is 114 Å². The molecule has 11 heteroatoms. The molecule has 1 aliphatic carbocycles. The third-order valence-corrected chi connectivity index (χ3v) is 8.18. The van der Waals surface area contributed by atoms with E-state index >= 15 is 0 Å². The second-order valence-corrected chi connectivity index (χ2v) is 13.9. The van der Waals surface area contributed by atoms with Crippen LogP contribution in [0.1, 0.15) is 43.4 Å². The molecule has 0 saturated carbocycles. The number of nitrogens with zero attached hydrogens (tertiary/aromatic N) is 1. The summed E-state index contributed by atoms with van der Waals surface area (Å²) in [5, 5.41) is 2.76. The lowest BCUT2D eigenvalue weighted by molar-refractivity contribution is -0.159. The number of nitrogens with one attached hydrogen (secondary N) is 1. The van der Waals surface area contributed by atoms with E-state index in [4.69, 9.17) is 49.0 Å². The van der Waals surface area contributed by atoms with Gasteiger partial charge < -0.3 is 19.5 Å². The van der Waals surface area contributed by atoms with Crippen LogP contribution in [0.25, 0.3) is 11.1 Å². The fourth-order valence-corrected chi connectivity index (χ4v) is 6.22. The van der Waals surface area contributed by atoms with Crippen LogP contribution in [-0.4, -0.2) is 63.8 Å². The molecule has 8 nitrogen and oxygen atoms in total. The van der Waals surface area contributed by atoms with Crippen LogP contribution >= 0.6 is 34.8 Å². The van der Waals surface area contributed by atoms with E-state index in [1.54, 1.807) is 20.8 Å². The zero-order valence-corrected chi connectivity index (χ0v) is 26.7. The van der Waals surface area contributed by atoms with Gasteiger partial charge in [0.25, 0.3) is 0 Å². The molecule has 1 saturated heterocycles. The highest BCUT2D eigenvalue weighted by Gasteiger charge is 2.53. The minimum Gasteiger partial charge on any atom is -0.460 e. The lowest BCUT2D eigenvalue weighted by atomic mass is 9.98. The summed E-state index contributed by atoms with van der Waals surface area (Å²) in [7, 11) is 0. The Bertz CT molecular complexity index is 1480. The SMILES string of the molecule is C[C@H]1OC(C)(C)N(C(=O)[C@H](Cc2ccccc2)NC(=O)OCC2c3ccccc3-c3ccccc32)[C@@H]1C(=O)OCC(Cl)(Cl)Cl. The van der Waals surface area contributed by atoms with Crippen LogP contribution in [0, 0.1) is 0 Å². The number of benzene rings is 3. The summed E-state index contributed by atoms with van der Waals surface area (Å²) in [6.07, 6.45) is -1.35. The maximum absolute atomic E-state index is 14.2. The zero-order chi connectivity index (χ0) is 31.6. The largest absolute Gasteiger partial charge is 0.460 e. The van der Waals surface area contributed by atoms with Gasteiger partial charge in [0, 0.05) is 12.3 Å². The van der Waals surface area contributed by atoms with E-state index in [0.717, 1.165) is 27.8 Å². The topological polar surface area (TPSA) is 94.2 Å². The molecule has 0 radical (unpaired) electrons. The Morgan fingerprint density at radius 2 is 1.48 bits per heavy atom. The molecule has 232 valence electrons. The van der Waals surface area contributed by atoms with Gasteiger partial charge in [0.1, 0.15) is 25.0 Å². The van der Waals surface area contributed by atoms with Crippen LogP contribution < -0.4 is 5.32 Å². The van der Waals surface area contributed by atoms with Crippen molar-refractivity contribution in [1.82, 2.24) is 10.2 Å². The third kappa shape index (κ3) is 6.99. The van der Waals surface area contributed by atoms with Crippen LogP contribution in [0.5, 0.6) is 0 Å². The molecule has 2 amide bonds. The number of alkyl carbamates (subject to hydrolysis) is 1. The van der Waals surface area contributed by atoms with E-state index in [1.165, 1.54) is 4.90 Å². The molecule has 3 atom stereocenters. The Morgan fingerprint density at radius 1 is 0.909 bits per heavy atom. The molecule has 1 aliphatic heterocycles. The van der Waals surface area contributed by atoms with E-state index in [2.05, 4.69) is 17.4 Å². The number of amides is 2. The molecule has 2 aliphatic rings. The maximum atomic E-state index is 14.2. The standard InChI is InChI=1S/C33H33Cl3N2O6/c1-20-28(30(40)43-19-33(34,35)36)38(32(2,3)44-20)29(39)27(17-21-11-5-4-6-12-21)37-31(41)42-18-26-24-15-9-7-13-22(24)23-14-8-10-16-25(23)26/h4-16,20,26-28H,17-19H2,1-3H3,(H,37,41)/t20-,27+,28+/m1/s1. The minimum absolute atomic E-state index is 0.0768. The van der Waals surface area contributed by atoms with Gasteiger partial charge in [-0.2, -0.15) is 0 Å². The minimum atomic E-state index is -1.83. The van der Waals surface area contributed by atoms with Crippen molar-refractivity contribution in [2.24, 2.45) is 0 Å². The Labute approximate surface area is 271 Å². The van der Waals surface area contributed by atoms with Crippen molar-refractivity contribution < 1.29 is 28.6 Å². The van der Waals surface area contributed by atoms with Crippen molar-refractivity contribution in [1.29, 1.82) is 0 Å². The number of hydrogen-bond acceptors (Lipinski definition) is 6. The number of fused-ring (bicyclic) bond motifs is 3. The number of ether oxygens (including phenoxy) is 3. The smallest absolute Gasteiger partial charge is 0.407 e. The molecule has 3 aromatic rings. The normalized spacial score (nSPS) is 19.5. The van der Waals surface area contributed by atoms with Gasteiger partial charge >= 0.3 is 12.1 Å². The summed E-state index contributed by atoms with van der Waals surface area (Å²) in [5.41, 5.74) is 3.93. The van der Waals surface area contributed by atoms with E-state index < -0.39 is 52.3 Å². The molecule has 0 spiro atoms. The van der Waals surface area contributed by atoms with Gasteiger partial charge in [-0.3, -0.25) is 9.69 Å². The van der Waals surface area contributed by atoms with E-state index in [9.17, 15) is 14.4 Å². The van der Waals surface area contributed by atoms with Gasteiger partial charge in [0.2, 0.25) is 9.70 Å². The van der Waals surface area contributed by atoms with Gasteiger partial charge in [0.15, 0.2) is 6.04 Å². The van der Waals surface area contributed by atoms with Crippen LogP contribution in [0.2, 0.25) is 0 Å². The average molecular weight is 660 g/mol. The molecule has 0 bridgehead atoms.